The molecule has 10 heteroatoms. The summed E-state index contributed by atoms with van der Waals surface area (Å²) in [7, 11) is 0. The first-order chi connectivity index (χ1) is 14.2. The molecule has 0 bridgehead atoms. The molecule has 0 aliphatic carbocycles. The predicted octanol–water partition coefficient (Wildman–Crippen LogP) is 3.32. The highest BCUT2D eigenvalue weighted by Crippen LogP contribution is 2.33. The van der Waals surface area contributed by atoms with Crippen molar-refractivity contribution in [1.29, 1.82) is 0 Å². The lowest BCUT2D eigenvalue weighted by Gasteiger charge is -2.30. The number of alkyl halides is 3. The molecule has 1 aliphatic heterocycles. The molecule has 4 N–H and O–H groups in total. The summed E-state index contributed by atoms with van der Waals surface area (Å²) >= 11 is 0. The first kappa shape index (κ1) is 20.1. The summed E-state index contributed by atoms with van der Waals surface area (Å²) in [5.74, 6) is 0.566. The lowest BCUT2D eigenvalue weighted by atomic mass is 10.1. The van der Waals surface area contributed by atoms with E-state index in [0.717, 1.165) is 25.0 Å². The van der Waals surface area contributed by atoms with Crippen LogP contribution in [0.1, 0.15) is 24.0 Å². The van der Waals surface area contributed by atoms with Crippen LogP contribution < -0.4 is 21.5 Å². The molecule has 1 aliphatic rings. The maximum Gasteiger partial charge on any atom is 0.416 e. The summed E-state index contributed by atoms with van der Waals surface area (Å²) in [5, 5.41) is 3.09. The van der Waals surface area contributed by atoms with Gasteiger partial charge in [0.25, 0.3) is 5.56 Å². The first-order valence-electron chi connectivity index (χ1n) is 9.56. The normalized spacial score (nSPS) is 15.6. The lowest BCUT2D eigenvalue weighted by molar-refractivity contribution is -0.137. The molecule has 1 aromatic carbocycles. The summed E-state index contributed by atoms with van der Waals surface area (Å²) < 4.78 is 39.7. The third kappa shape index (κ3) is 4.09. The minimum Gasteiger partial charge on any atom is -0.341 e. The van der Waals surface area contributed by atoms with E-state index >= 15 is 0 Å². The van der Waals surface area contributed by atoms with Crippen molar-refractivity contribution in [2.45, 2.75) is 32.0 Å². The van der Waals surface area contributed by atoms with Crippen LogP contribution in [0.2, 0.25) is 0 Å². The Balaban J connectivity index is 1.80. The standard InChI is InChI=1S/C20H21F3N6O/c1-11-8-12(20(21,22)23)10-14(9-11)26-17-16-15(2-5-25-18(16)30)27-19(28-17)29-6-3-13(24)4-7-29/h2,5,8-10,13H,3-4,6-7,24H2,1H3,(H,25,30)(H,26,27,28). The van der Waals surface area contributed by atoms with Crippen molar-refractivity contribution in [2.75, 3.05) is 23.3 Å². The molecule has 30 heavy (non-hydrogen) atoms. The highest BCUT2D eigenvalue weighted by Gasteiger charge is 2.31. The highest BCUT2D eigenvalue weighted by molar-refractivity contribution is 5.91. The molecule has 158 valence electrons. The Kier molecular flexibility index (Phi) is 5.10. The quantitative estimate of drug-likeness (QED) is 0.604. The Labute approximate surface area is 170 Å². The number of pyridine rings is 1. The molecule has 3 aromatic rings. The van der Waals surface area contributed by atoms with Gasteiger partial charge in [0.1, 0.15) is 11.2 Å². The van der Waals surface area contributed by atoms with Gasteiger partial charge < -0.3 is 20.9 Å². The number of halogens is 3. The molecule has 0 unspecified atom stereocenters. The fourth-order valence-electron chi connectivity index (χ4n) is 3.57. The summed E-state index contributed by atoms with van der Waals surface area (Å²) in [5.41, 5.74) is 5.80. The average molecular weight is 418 g/mol. The van der Waals surface area contributed by atoms with E-state index in [9.17, 15) is 18.0 Å². The third-order valence-corrected chi connectivity index (χ3v) is 5.10. The minimum atomic E-state index is -4.48. The van der Waals surface area contributed by atoms with Crippen molar-refractivity contribution in [3.63, 3.8) is 0 Å². The van der Waals surface area contributed by atoms with Gasteiger partial charge in [-0.1, -0.05) is 0 Å². The van der Waals surface area contributed by atoms with Crippen LogP contribution >= 0.6 is 0 Å². The van der Waals surface area contributed by atoms with Crippen LogP contribution in [-0.2, 0) is 6.18 Å². The molecule has 1 saturated heterocycles. The van der Waals surface area contributed by atoms with Crippen molar-refractivity contribution in [3.05, 3.63) is 51.9 Å². The molecular weight excluding hydrogens is 397 g/mol. The van der Waals surface area contributed by atoms with Gasteiger partial charge in [-0.2, -0.15) is 18.2 Å². The number of piperidine rings is 1. The molecule has 3 heterocycles. The third-order valence-electron chi connectivity index (χ3n) is 5.10. The minimum absolute atomic E-state index is 0.121. The van der Waals surface area contributed by atoms with Gasteiger partial charge in [-0.25, -0.2) is 4.98 Å². The summed E-state index contributed by atoms with van der Waals surface area (Å²) in [6.07, 6.45) is -1.43. The van der Waals surface area contributed by atoms with Gasteiger partial charge in [0.15, 0.2) is 0 Å². The van der Waals surface area contributed by atoms with E-state index in [4.69, 9.17) is 5.73 Å². The second kappa shape index (κ2) is 7.60. The van der Waals surface area contributed by atoms with Gasteiger partial charge in [0.05, 0.1) is 11.1 Å². The van der Waals surface area contributed by atoms with E-state index in [-0.39, 0.29) is 22.9 Å². The van der Waals surface area contributed by atoms with Crippen LogP contribution in [0.25, 0.3) is 10.9 Å². The van der Waals surface area contributed by atoms with E-state index in [1.165, 1.54) is 6.20 Å². The van der Waals surface area contributed by atoms with Crippen molar-refractivity contribution < 1.29 is 13.2 Å². The maximum atomic E-state index is 13.2. The molecule has 0 saturated carbocycles. The zero-order chi connectivity index (χ0) is 21.5. The second-order valence-electron chi connectivity index (χ2n) is 7.47. The van der Waals surface area contributed by atoms with Gasteiger partial charge >= 0.3 is 6.18 Å². The smallest absolute Gasteiger partial charge is 0.341 e. The number of benzene rings is 1. The van der Waals surface area contributed by atoms with E-state index in [0.29, 0.717) is 30.1 Å². The summed E-state index contributed by atoms with van der Waals surface area (Å²) in [6.45, 7) is 2.91. The molecule has 2 aromatic heterocycles. The number of hydrogen-bond acceptors (Lipinski definition) is 6. The molecule has 0 radical (unpaired) electrons. The zero-order valence-corrected chi connectivity index (χ0v) is 16.3. The van der Waals surface area contributed by atoms with Gasteiger partial charge in [-0.3, -0.25) is 4.79 Å². The zero-order valence-electron chi connectivity index (χ0n) is 16.3. The van der Waals surface area contributed by atoms with Crippen LogP contribution in [-0.4, -0.2) is 34.1 Å². The molecule has 0 atom stereocenters. The number of nitrogens with two attached hydrogens (primary N) is 1. The SMILES string of the molecule is Cc1cc(Nc2nc(N3CCC(N)CC3)nc3cc[nH]c(=O)c23)cc(C(F)(F)F)c1. The molecule has 7 nitrogen and oxygen atoms in total. The Morgan fingerprint density at radius 2 is 1.93 bits per heavy atom. The fourth-order valence-corrected chi connectivity index (χ4v) is 3.57. The molecule has 1 fully saturated rings. The van der Waals surface area contributed by atoms with E-state index in [2.05, 4.69) is 20.3 Å². The number of fused-ring (bicyclic) bond motifs is 1. The average Bonchev–Trinajstić information content (AvgIpc) is 2.67. The van der Waals surface area contributed by atoms with Crippen molar-refractivity contribution in [3.8, 4) is 0 Å². The van der Waals surface area contributed by atoms with E-state index in [1.807, 2.05) is 4.90 Å². The van der Waals surface area contributed by atoms with Crippen LogP contribution in [0.3, 0.4) is 0 Å². The second-order valence-corrected chi connectivity index (χ2v) is 7.47. The number of nitrogens with one attached hydrogen (secondary N) is 2. The number of hydrogen-bond donors (Lipinski definition) is 3. The van der Waals surface area contributed by atoms with Gasteiger partial charge in [-0.15, -0.1) is 0 Å². The molecular formula is C20H21F3N6O. The highest BCUT2D eigenvalue weighted by atomic mass is 19.4. The van der Waals surface area contributed by atoms with Crippen LogP contribution in [0.5, 0.6) is 0 Å². The van der Waals surface area contributed by atoms with Gasteiger partial charge in [0.2, 0.25) is 5.95 Å². The number of aryl methyl sites for hydroxylation is 1. The number of rotatable bonds is 3. The Hall–Kier alpha value is -3.14. The van der Waals surface area contributed by atoms with Crippen molar-refractivity contribution in [1.82, 2.24) is 15.0 Å². The van der Waals surface area contributed by atoms with Gasteiger partial charge in [-0.05, 0) is 49.6 Å². The molecule has 0 amide bonds. The topological polar surface area (TPSA) is 99.9 Å². The Bertz CT molecular complexity index is 1140. The maximum absolute atomic E-state index is 13.2. The van der Waals surface area contributed by atoms with Gasteiger partial charge in [0, 0.05) is 31.0 Å². The number of anilines is 3. The number of aromatic nitrogens is 3. The van der Waals surface area contributed by atoms with Crippen LogP contribution in [0.15, 0.2) is 35.3 Å². The monoisotopic (exact) mass is 418 g/mol. The van der Waals surface area contributed by atoms with Crippen LogP contribution in [0, 0.1) is 6.92 Å². The first-order valence-corrected chi connectivity index (χ1v) is 9.56. The number of aromatic amines is 1. The Morgan fingerprint density at radius 3 is 2.63 bits per heavy atom. The number of H-pyrrole nitrogens is 1. The van der Waals surface area contributed by atoms with Crippen molar-refractivity contribution in [2.24, 2.45) is 5.73 Å². The molecule has 4 rings (SSSR count). The summed E-state index contributed by atoms with van der Waals surface area (Å²) in [6, 6.07) is 5.39. The molecule has 0 spiro atoms. The number of nitrogens with zero attached hydrogens (tertiary/aromatic N) is 3. The summed E-state index contributed by atoms with van der Waals surface area (Å²) in [4.78, 5) is 25.9. The van der Waals surface area contributed by atoms with Crippen LogP contribution in [0.4, 0.5) is 30.6 Å². The Morgan fingerprint density at radius 1 is 1.20 bits per heavy atom. The fraction of sp³-hybridized carbons (Fsp3) is 0.350. The van der Waals surface area contributed by atoms with Crippen molar-refractivity contribution >= 4 is 28.4 Å². The van der Waals surface area contributed by atoms with E-state index in [1.54, 1.807) is 19.1 Å². The largest absolute Gasteiger partial charge is 0.416 e. The van der Waals surface area contributed by atoms with E-state index < -0.39 is 17.3 Å². The predicted molar refractivity (Wildman–Crippen MR) is 109 cm³/mol. The lowest BCUT2D eigenvalue weighted by Crippen LogP contribution is -2.40.